The average molecular weight is 353 g/mol. The molecule has 1 aromatic rings. The molecule has 0 spiro atoms. The van der Waals surface area contributed by atoms with Gasteiger partial charge in [-0.05, 0) is 50.6 Å². The van der Waals surface area contributed by atoms with E-state index in [4.69, 9.17) is 0 Å². The maximum atomic E-state index is 11.2. The van der Waals surface area contributed by atoms with Crippen molar-refractivity contribution < 1.29 is 9.90 Å². The van der Waals surface area contributed by atoms with Crippen molar-refractivity contribution >= 4 is 27.6 Å². The SMILES string of the molecule is O=C(O)c1cc(Br)cc(N2CCC(N3CCCCC3)C2)c1. The second kappa shape index (κ2) is 6.36. The zero-order chi connectivity index (χ0) is 14.8. The third-order valence-electron chi connectivity index (χ3n) is 4.57. The second-order valence-corrected chi connectivity index (χ2v) is 6.90. The van der Waals surface area contributed by atoms with E-state index in [-0.39, 0.29) is 0 Å². The Labute approximate surface area is 133 Å². The van der Waals surface area contributed by atoms with Crippen molar-refractivity contribution in [2.75, 3.05) is 31.1 Å². The molecule has 0 aromatic heterocycles. The second-order valence-electron chi connectivity index (χ2n) is 5.99. The topological polar surface area (TPSA) is 43.8 Å². The van der Waals surface area contributed by atoms with Crippen LogP contribution in [0.5, 0.6) is 0 Å². The minimum absolute atomic E-state index is 0.348. The molecule has 114 valence electrons. The smallest absolute Gasteiger partial charge is 0.335 e. The lowest BCUT2D eigenvalue weighted by Gasteiger charge is -2.32. The fourth-order valence-electron chi connectivity index (χ4n) is 3.44. The highest BCUT2D eigenvalue weighted by Crippen LogP contribution is 2.28. The van der Waals surface area contributed by atoms with E-state index < -0.39 is 5.97 Å². The molecule has 2 fully saturated rings. The van der Waals surface area contributed by atoms with Gasteiger partial charge in [-0.15, -0.1) is 0 Å². The van der Waals surface area contributed by atoms with Crippen molar-refractivity contribution in [3.8, 4) is 0 Å². The van der Waals surface area contributed by atoms with E-state index in [9.17, 15) is 9.90 Å². The molecule has 21 heavy (non-hydrogen) atoms. The number of carboxylic acid groups (broad SMARTS) is 1. The van der Waals surface area contributed by atoms with Crippen molar-refractivity contribution in [3.63, 3.8) is 0 Å². The van der Waals surface area contributed by atoms with Gasteiger partial charge in [0.1, 0.15) is 0 Å². The number of aromatic carboxylic acids is 1. The number of halogens is 1. The third kappa shape index (κ3) is 3.40. The zero-order valence-corrected chi connectivity index (χ0v) is 13.7. The summed E-state index contributed by atoms with van der Waals surface area (Å²) in [5, 5.41) is 9.18. The summed E-state index contributed by atoms with van der Waals surface area (Å²) in [7, 11) is 0. The van der Waals surface area contributed by atoms with Gasteiger partial charge in [-0.3, -0.25) is 4.90 Å². The van der Waals surface area contributed by atoms with Crippen LogP contribution < -0.4 is 4.90 Å². The molecule has 2 saturated heterocycles. The molecule has 1 N–H and O–H groups in total. The number of rotatable bonds is 3. The average Bonchev–Trinajstić information content (AvgIpc) is 2.97. The highest BCUT2D eigenvalue weighted by atomic mass is 79.9. The first-order valence-corrected chi connectivity index (χ1v) is 8.45. The first-order valence-electron chi connectivity index (χ1n) is 7.66. The monoisotopic (exact) mass is 352 g/mol. The summed E-state index contributed by atoms with van der Waals surface area (Å²) in [6, 6.07) is 6.08. The van der Waals surface area contributed by atoms with E-state index in [1.165, 1.54) is 38.8 Å². The fraction of sp³-hybridized carbons (Fsp3) is 0.562. The maximum absolute atomic E-state index is 11.2. The number of hydrogen-bond acceptors (Lipinski definition) is 3. The van der Waals surface area contributed by atoms with E-state index in [0.29, 0.717) is 11.6 Å². The van der Waals surface area contributed by atoms with Crippen molar-refractivity contribution in [2.45, 2.75) is 31.7 Å². The van der Waals surface area contributed by atoms with Gasteiger partial charge in [0.2, 0.25) is 0 Å². The summed E-state index contributed by atoms with van der Waals surface area (Å²) in [4.78, 5) is 16.1. The fourth-order valence-corrected chi connectivity index (χ4v) is 3.92. The summed E-state index contributed by atoms with van der Waals surface area (Å²) >= 11 is 3.42. The van der Waals surface area contributed by atoms with Crippen LogP contribution in [0.15, 0.2) is 22.7 Å². The molecular weight excluding hydrogens is 332 g/mol. The Morgan fingerprint density at radius 3 is 2.62 bits per heavy atom. The van der Waals surface area contributed by atoms with Crippen LogP contribution in [0.4, 0.5) is 5.69 Å². The standard InChI is InChI=1S/C16H21BrN2O2/c17-13-8-12(16(20)21)9-15(10-13)19-7-4-14(11-19)18-5-2-1-3-6-18/h8-10,14H,1-7,11H2,(H,20,21). The molecule has 2 aliphatic heterocycles. The number of likely N-dealkylation sites (tertiary alicyclic amines) is 1. The Balaban J connectivity index is 1.72. The lowest BCUT2D eigenvalue weighted by molar-refractivity contribution is 0.0697. The Bertz CT molecular complexity index is 529. The largest absolute Gasteiger partial charge is 0.478 e. The van der Waals surface area contributed by atoms with Gasteiger partial charge < -0.3 is 10.0 Å². The van der Waals surface area contributed by atoms with Gasteiger partial charge in [0.25, 0.3) is 0 Å². The number of benzene rings is 1. The molecule has 4 nitrogen and oxygen atoms in total. The zero-order valence-electron chi connectivity index (χ0n) is 12.1. The van der Waals surface area contributed by atoms with Crippen molar-refractivity contribution in [3.05, 3.63) is 28.2 Å². The maximum Gasteiger partial charge on any atom is 0.335 e. The van der Waals surface area contributed by atoms with Crippen molar-refractivity contribution in [1.29, 1.82) is 0 Å². The Hall–Kier alpha value is -1.07. The number of anilines is 1. The molecule has 1 unspecified atom stereocenters. The molecule has 0 bridgehead atoms. The summed E-state index contributed by atoms with van der Waals surface area (Å²) in [6.45, 7) is 4.46. The summed E-state index contributed by atoms with van der Waals surface area (Å²) in [5.41, 5.74) is 1.36. The Morgan fingerprint density at radius 1 is 1.14 bits per heavy atom. The molecule has 1 aromatic carbocycles. The van der Waals surface area contributed by atoms with E-state index in [2.05, 4.69) is 25.7 Å². The molecule has 5 heteroatoms. The first-order chi connectivity index (χ1) is 10.1. The summed E-state index contributed by atoms with van der Waals surface area (Å²) in [5.74, 6) is -0.871. The van der Waals surface area contributed by atoms with Crippen LogP contribution in [0.3, 0.4) is 0 Å². The van der Waals surface area contributed by atoms with Gasteiger partial charge in [-0.1, -0.05) is 22.4 Å². The number of carbonyl (C=O) groups is 1. The lowest BCUT2D eigenvalue weighted by Crippen LogP contribution is -2.40. The van der Waals surface area contributed by atoms with Crippen LogP contribution in [0.1, 0.15) is 36.0 Å². The molecule has 0 saturated carbocycles. The van der Waals surface area contributed by atoms with Crippen LogP contribution in [0.2, 0.25) is 0 Å². The molecule has 0 radical (unpaired) electrons. The van der Waals surface area contributed by atoms with Gasteiger partial charge in [0.15, 0.2) is 0 Å². The van der Waals surface area contributed by atoms with Gasteiger partial charge in [0.05, 0.1) is 5.56 Å². The molecule has 2 aliphatic rings. The summed E-state index contributed by atoms with van der Waals surface area (Å²) < 4.78 is 0.832. The lowest BCUT2D eigenvalue weighted by atomic mass is 10.1. The first kappa shape index (κ1) is 14.9. The highest BCUT2D eigenvalue weighted by Gasteiger charge is 2.28. The number of hydrogen-bond donors (Lipinski definition) is 1. The van der Waals surface area contributed by atoms with Gasteiger partial charge >= 0.3 is 5.97 Å². The predicted molar refractivity (Wildman–Crippen MR) is 87.1 cm³/mol. The van der Waals surface area contributed by atoms with Crippen LogP contribution in [-0.2, 0) is 0 Å². The molecule has 1 atom stereocenters. The van der Waals surface area contributed by atoms with E-state index in [0.717, 1.165) is 23.2 Å². The van der Waals surface area contributed by atoms with E-state index in [1.807, 2.05) is 6.07 Å². The normalized spacial score (nSPS) is 23.5. The summed E-state index contributed by atoms with van der Waals surface area (Å²) in [6.07, 6.45) is 5.17. The van der Waals surface area contributed by atoms with Crippen LogP contribution >= 0.6 is 15.9 Å². The quantitative estimate of drug-likeness (QED) is 0.906. The molecular formula is C16H21BrN2O2. The third-order valence-corrected chi connectivity index (χ3v) is 5.02. The minimum Gasteiger partial charge on any atom is -0.478 e. The minimum atomic E-state index is -0.871. The number of piperidine rings is 1. The van der Waals surface area contributed by atoms with Crippen molar-refractivity contribution in [2.24, 2.45) is 0 Å². The Kier molecular flexibility index (Phi) is 4.50. The van der Waals surface area contributed by atoms with Crippen molar-refractivity contribution in [1.82, 2.24) is 4.90 Å². The Morgan fingerprint density at radius 2 is 1.90 bits per heavy atom. The van der Waals surface area contributed by atoms with Crippen LogP contribution in [0, 0.1) is 0 Å². The molecule has 0 aliphatic carbocycles. The molecule has 2 heterocycles. The van der Waals surface area contributed by atoms with Gasteiger partial charge in [-0.2, -0.15) is 0 Å². The number of nitrogens with zero attached hydrogens (tertiary/aromatic N) is 2. The van der Waals surface area contributed by atoms with Gasteiger partial charge in [-0.25, -0.2) is 4.79 Å². The highest BCUT2D eigenvalue weighted by molar-refractivity contribution is 9.10. The van der Waals surface area contributed by atoms with E-state index >= 15 is 0 Å². The number of carboxylic acids is 1. The molecule has 3 rings (SSSR count). The van der Waals surface area contributed by atoms with E-state index in [1.54, 1.807) is 12.1 Å². The predicted octanol–water partition coefficient (Wildman–Crippen LogP) is 3.21. The molecule has 0 amide bonds. The van der Waals surface area contributed by atoms with Crippen LogP contribution in [-0.4, -0.2) is 48.2 Å². The van der Waals surface area contributed by atoms with Gasteiger partial charge in [0, 0.05) is 29.3 Å². The van der Waals surface area contributed by atoms with Crippen LogP contribution in [0.25, 0.3) is 0 Å².